The van der Waals surface area contributed by atoms with Crippen LogP contribution < -0.4 is 16.6 Å². The molecule has 0 bridgehead atoms. The number of amides is 1. The van der Waals surface area contributed by atoms with Gasteiger partial charge in [0.15, 0.2) is 0 Å². The van der Waals surface area contributed by atoms with Crippen molar-refractivity contribution in [1.82, 2.24) is 24.1 Å². The lowest BCUT2D eigenvalue weighted by atomic mass is 10.1. The number of nitrogens with one attached hydrogen (secondary N) is 1. The fourth-order valence-corrected chi connectivity index (χ4v) is 3.96. The van der Waals surface area contributed by atoms with E-state index in [1.165, 1.54) is 9.08 Å². The lowest BCUT2D eigenvalue weighted by Crippen LogP contribution is -2.30. The fraction of sp³-hybridized carbons (Fsp3) is 0.385. The molecule has 0 atom stereocenters. The van der Waals surface area contributed by atoms with Crippen molar-refractivity contribution >= 4 is 22.6 Å². The van der Waals surface area contributed by atoms with Crippen molar-refractivity contribution in [1.29, 1.82) is 0 Å². The third-order valence-electron chi connectivity index (χ3n) is 5.84. The molecular formula is C26H31N5O3. The Hall–Kier alpha value is -3.68. The van der Waals surface area contributed by atoms with E-state index in [0.717, 1.165) is 17.5 Å². The molecule has 8 heteroatoms. The molecule has 0 aliphatic heterocycles. The summed E-state index contributed by atoms with van der Waals surface area (Å²) in [6, 6.07) is 12.7. The molecule has 1 N–H and O–H groups in total. The van der Waals surface area contributed by atoms with Crippen molar-refractivity contribution < 1.29 is 4.79 Å². The molecule has 2 aromatic carbocycles. The Morgan fingerprint density at radius 3 is 2.38 bits per heavy atom. The summed E-state index contributed by atoms with van der Waals surface area (Å²) in [7, 11) is 0. The normalized spacial score (nSPS) is 11.7. The number of hydrogen-bond acceptors (Lipinski definition) is 4. The number of carbonyl (C=O) groups is 1. The maximum atomic E-state index is 13.5. The van der Waals surface area contributed by atoms with Gasteiger partial charge in [0, 0.05) is 18.2 Å². The molecule has 4 aromatic rings. The first-order valence-corrected chi connectivity index (χ1v) is 11.7. The second-order valence-corrected chi connectivity index (χ2v) is 9.56. The highest BCUT2D eigenvalue weighted by Gasteiger charge is 2.19. The second-order valence-electron chi connectivity index (χ2n) is 9.56. The molecule has 0 saturated heterocycles. The number of carbonyl (C=O) groups excluding carboxylic acids is 1. The quantitative estimate of drug-likeness (QED) is 0.457. The molecule has 2 heterocycles. The fourth-order valence-electron chi connectivity index (χ4n) is 3.96. The summed E-state index contributed by atoms with van der Waals surface area (Å²) < 4.78 is 4.41. The topological polar surface area (TPSA) is 90.4 Å². The molecular weight excluding hydrogens is 430 g/mol. The maximum Gasteiger partial charge on any atom is 0.352 e. The number of nitrogens with zero attached hydrogens (tertiary/aromatic N) is 4. The van der Waals surface area contributed by atoms with Crippen LogP contribution in [-0.2, 0) is 13.1 Å². The van der Waals surface area contributed by atoms with Gasteiger partial charge < -0.3 is 5.32 Å². The van der Waals surface area contributed by atoms with Crippen LogP contribution in [0.3, 0.4) is 0 Å². The molecule has 34 heavy (non-hydrogen) atoms. The van der Waals surface area contributed by atoms with Crippen LogP contribution in [0.25, 0.3) is 16.7 Å². The van der Waals surface area contributed by atoms with E-state index in [4.69, 9.17) is 0 Å². The smallest absolute Gasteiger partial charge is 0.350 e. The van der Waals surface area contributed by atoms with E-state index < -0.39 is 0 Å². The highest BCUT2D eigenvalue weighted by Crippen LogP contribution is 2.16. The average Bonchev–Trinajstić information content (AvgIpc) is 3.10. The summed E-state index contributed by atoms with van der Waals surface area (Å²) in [5.41, 5.74) is 2.28. The molecule has 0 aliphatic rings. The summed E-state index contributed by atoms with van der Waals surface area (Å²) in [5, 5.41) is 7.81. The van der Waals surface area contributed by atoms with E-state index in [9.17, 15) is 14.4 Å². The summed E-state index contributed by atoms with van der Waals surface area (Å²) in [6.45, 7) is 10.7. The molecule has 0 radical (unpaired) electrons. The van der Waals surface area contributed by atoms with Crippen molar-refractivity contribution in [2.75, 3.05) is 0 Å². The minimum absolute atomic E-state index is 0.0350. The number of aromatic nitrogens is 4. The Morgan fingerprint density at radius 2 is 1.74 bits per heavy atom. The number of fused-ring (bicyclic) bond motifs is 3. The first-order chi connectivity index (χ1) is 16.2. The number of aryl methyl sites for hydroxylation is 2. The highest BCUT2D eigenvalue weighted by atomic mass is 16.2. The van der Waals surface area contributed by atoms with E-state index >= 15 is 0 Å². The first-order valence-electron chi connectivity index (χ1n) is 11.7. The van der Waals surface area contributed by atoms with E-state index in [2.05, 4.69) is 24.3 Å². The van der Waals surface area contributed by atoms with Gasteiger partial charge in [-0.25, -0.2) is 13.9 Å². The standard InChI is InChI=1S/C26H31N5O3/c1-16(2)12-13-29-24(33)21-11-10-20(23(32)27-17(3)4)14-22(21)31-25(29)28-30(26(31)34)15-19-8-6-18(5)7-9-19/h6-11,14,16-17H,12-13,15H2,1-5H3,(H,27,32). The van der Waals surface area contributed by atoms with Crippen LogP contribution in [0.5, 0.6) is 0 Å². The molecule has 0 aliphatic carbocycles. The monoisotopic (exact) mass is 461 g/mol. The lowest BCUT2D eigenvalue weighted by molar-refractivity contribution is 0.0943. The van der Waals surface area contributed by atoms with E-state index in [-0.39, 0.29) is 35.5 Å². The van der Waals surface area contributed by atoms with Crippen LogP contribution in [0.4, 0.5) is 0 Å². The van der Waals surface area contributed by atoms with Gasteiger partial charge in [-0.05, 0) is 56.9 Å². The zero-order valence-corrected chi connectivity index (χ0v) is 20.3. The Kier molecular flexibility index (Phi) is 6.41. The van der Waals surface area contributed by atoms with Gasteiger partial charge in [-0.15, -0.1) is 5.10 Å². The third kappa shape index (κ3) is 4.53. The highest BCUT2D eigenvalue weighted by molar-refractivity contribution is 5.98. The third-order valence-corrected chi connectivity index (χ3v) is 5.84. The van der Waals surface area contributed by atoms with E-state index in [1.54, 1.807) is 22.8 Å². The molecule has 0 fully saturated rings. The Morgan fingerprint density at radius 1 is 1.03 bits per heavy atom. The van der Waals surface area contributed by atoms with Crippen molar-refractivity contribution in [2.24, 2.45) is 5.92 Å². The number of benzene rings is 2. The van der Waals surface area contributed by atoms with Gasteiger partial charge in [0.25, 0.3) is 11.5 Å². The number of hydrogen-bond donors (Lipinski definition) is 1. The van der Waals surface area contributed by atoms with Crippen LogP contribution in [0, 0.1) is 12.8 Å². The predicted octanol–water partition coefficient (Wildman–Crippen LogP) is 3.35. The van der Waals surface area contributed by atoms with Gasteiger partial charge in [0.1, 0.15) is 0 Å². The summed E-state index contributed by atoms with van der Waals surface area (Å²) in [5.74, 6) is 0.414. The maximum absolute atomic E-state index is 13.5. The Balaban J connectivity index is 1.95. The molecule has 0 spiro atoms. The van der Waals surface area contributed by atoms with Crippen LogP contribution in [0.2, 0.25) is 0 Å². The van der Waals surface area contributed by atoms with Gasteiger partial charge in [-0.2, -0.15) is 0 Å². The van der Waals surface area contributed by atoms with Gasteiger partial charge in [-0.3, -0.25) is 14.2 Å². The van der Waals surface area contributed by atoms with Crippen molar-refractivity contribution in [3.05, 3.63) is 80.0 Å². The molecule has 178 valence electrons. The lowest BCUT2D eigenvalue weighted by Gasteiger charge is -2.12. The predicted molar refractivity (Wildman–Crippen MR) is 134 cm³/mol. The first kappa shape index (κ1) is 23.5. The second kappa shape index (κ2) is 9.29. The largest absolute Gasteiger partial charge is 0.352 e. The summed E-state index contributed by atoms with van der Waals surface area (Å²) in [6.07, 6.45) is 0.773. The van der Waals surface area contributed by atoms with Crippen LogP contribution >= 0.6 is 0 Å². The molecule has 8 nitrogen and oxygen atoms in total. The van der Waals surface area contributed by atoms with Crippen LogP contribution in [0.15, 0.2) is 52.1 Å². The minimum Gasteiger partial charge on any atom is -0.350 e. The zero-order valence-electron chi connectivity index (χ0n) is 20.3. The molecule has 1 amide bonds. The van der Waals surface area contributed by atoms with Crippen molar-refractivity contribution in [3.8, 4) is 0 Å². The van der Waals surface area contributed by atoms with Gasteiger partial charge >= 0.3 is 5.69 Å². The molecule has 0 unspecified atom stereocenters. The van der Waals surface area contributed by atoms with E-state index in [0.29, 0.717) is 28.9 Å². The van der Waals surface area contributed by atoms with Crippen LogP contribution in [0.1, 0.15) is 55.6 Å². The molecule has 2 aromatic heterocycles. The van der Waals surface area contributed by atoms with Gasteiger partial charge in [0.05, 0.1) is 17.4 Å². The number of rotatable bonds is 7. The van der Waals surface area contributed by atoms with Crippen molar-refractivity contribution in [2.45, 2.75) is 60.2 Å². The van der Waals surface area contributed by atoms with Gasteiger partial charge in [-0.1, -0.05) is 43.7 Å². The SMILES string of the molecule is Cc1ccc(Cn2nc3n(CCC(C)C)c(=O)c4ccc(C(=O)NC(C)C)cc4n3c2=O)cc1. The molecule has 4 rings (SSSR count). The summed E-state index contributed by atoms with van der Waals surface area (Å²) >= 11 is 0. The zero-order chi connectivity index (χ0) is 24.6. The minimum atomic E-state index is -0.347. The van der Waals surface area contributed by atoms with Crippen molar-refractivity contribution in [3.63, 3.8) is 0 Å². The van der Waals surface area contributed by atoms with Crippen LogP contribution in [-0.4, -0.2) is 30.7 Å². The van der Waals surface area contributed by atoms with Gasteiger partial charge in [0.2, 0.25) is 5.78 Å². The Bertz CT molecular complexity index is 1470. The molecule has 0 saturated carbocycles. The summed E-state index contributed by atoms with van der Waals surface area (Å²) in [4.78, 5) is 39.6. The Labute approximate surface area is 197 Å². The average molecular weight is 462 g/mol. The van der Waals surface area contributed by atoms with E-state index in [1.807, 2.05) is 45.0 Å².